The molecule has 0 spiro atoms. The Bertz CT molecular complexity index is 1230. The van der Waals surface area contributed by atoms with Gasteiger partial charge in [0.05, 0.1) is 0 Å². The summed E-state index contributed by atoms with van der Waals surface area (Å²) in [5, 5.41) is 0. The van der Waals surface area contributed by atoms with Gasteiger partial charge in [-0.15, -0.1) is 0 Å². The molecule has 6 heteroatoms. The van der Waals surface area contributed by atoms with E-state index in [0.717, 1.165) is 89.9 Å². The zero-order valence-corrected chi connectivity index (χ0v) is 45.1. The Hall–Kier alpha value is -2.89. The van der Waals surface area contributed by atoms with E-state index in [9.17, 15) is 14.4 Å². The smallest absolute Gasteiger partial charge is 0.306 e. The molecule has 0 saturated carbocycles. The second-order valence-electron chi connectivity index (χ2n) is 19.6. The van der Waals surface area contributed by atoms with Gasteiger partial charge in [-0.2, -0.15) is 0 Å². The average Bonchev–Trinajstić information content (AvgIpc) is 3.34. The third-order valence-corrected chi connectivity index (χ3v) is 12.8. The van der Waals surface area contributed by atoms with Crippen LogP contribution in [-0.2, 0) is 28.6 Å². The first-order chi connectivity index (χ1) is 33.5. The van der Waals surface area contributed by atoms with Gasteiger partial charge in [0.15, 0.2) is 6.10 Å². The summed E-state index contributed by atoms with van der Waals surface area (Å²) in [5.41, 5.74) is 0. The standard InChI is InChI=1S/C62H110O6/c1-4-7-10-13-16-19-22-25-28-30-31-32-35-37-40-43-46-49-52-55-61(64)67-58-59(57-66-60(63)54-51-48-45-42-39-36-33-27-24-21-18-15-12-9-6-3)68-62(65)56-53-50-47-44-41-38-34-29-26-23-20-17-14-11-8-5-2/h8,11,16-17,19-20,22,25-26,29,59H,4-7,9-10,12-15,18,21,23-24,27-28,30-58H2,1-3H3/b11-8-,19-16-,20-17-,25-22-,29-26-. The lowest BCUT2D eigenvalue weighted by Crippen LogP contribution is -2.30. The Labute approximate surface area is 421 Å². The van der Waals surface area contributed by atoms with E-state index < -0.39 is 6.10 Å². The average molecular weight is 952 g/mol. The lowest BCUT2D eigenvalue weighted by molar-refractivity contribution is -0.167. The summed E-state index contributed by atoms with van der Waals surface area (Å²) in [5.74, 6) is -0.881. The highest BCUT2D eigenvalue weighted by atomic mass is 16.6. The fourth-order valence-electron chi connectivity index (χ4n) is 8.39. The van der Waals surface area contributed by atoms with E-state index in [1.807, 2.05) is 0 Å². The van der Waals surface area contributed by atoms with Crippen LogP contribution in [0.1, 0.15) is 297 Å². The Morgan fingerprint density at radius 2 is 0.618 bits per heavy atom. The first-order valence-corrected chi connectivity index (χ1v) is 29.3. The van der Waals surface area contributed by atoms with Gasteiger partial charge in [-0.05, 0) is 77.0 Å². The monoisotopic (exact) mass is 951 g/mol. The molecular weight excluding hydrogens is 841 g/mol. The van der Waals surface area contributed by atoms with Crippen molar-refractivity contribution >= 4 is 17.9 Å². The van der Waals surface area contributed by atoms with Gasteiger partial charge in [-0.3, -0.25) is 14.4 Å². The molecule has 0 rings (SSSR count). The van der Waals surface area contributed by atoms with Crippen LogP contribution in [0.2, 0.25) is 0 Å². The van der Waals surface area contributed by atoms with Crippen molar-refractivity contribution in [1.29, 1.82) is 0 Å². The minimum Gasteiger partial charge on any atom is -0.462 e. The van der Waals surface area contributed by atoms with Crippen LogP contribution in [0.3, 0.4) is 0 Å². The molecule has 0 heterocycles. The SMILES string of the molecule is CC/C=C\C/C=C\C/C=C\CCCCCCCCC(=O)OC(COC(=O)CCCCCCCCCCCC/C=C\C=C/CCCCC)COC(=O)CCCCCCCCCCCCCCCCC. The predicted molar refractivity (Wildman–Crippen MR) is 293 cm³/mol. The maximum atomic E-state index is 12.9. The molecular formula is C62H110O6. The highest BCUT2D eigenvalue weighted by molar-refractivity contribution is 5.71. The number of esters is 3. The maximum absolute atomic E-state index is 12.9. The molecule has 1 atom stereocenters. The van der Waals surface area contributed by atoms with E-state index in [1.54, 1.807) is 0 Å². The largest absolute Gasteiger partial charge is 0.462 e. The number of hydrogen-bond acceptors (Lipinski definition) is 6. The molecule has 68 heavy (non-hydrogen) atoms. The molecule has 0 saturated heterocycles. The molecule has 0 aliphatic carbocycles. The molecule has 1 unspecified atom stereocenters. The zero-order valence-electron chi connectivity index (χ0n) is 45.1. The third-order valence-electron chi connectivity index (χ3n) is 12.8. The number of unbranched alkanes of at least 4 members (excludes halogenated alkanes) is 33. The Kier molecular flexibility index (Phi) is 54.3. The van der Waals surface area contributed by atoms with Crippen molar-refractivity contribution in [3.8, 4) is 0 Å². The topological polar surface area (TPSA) is 78.9 Å². The van der Waals surface area contributed by atoms with Gasteiger partial charge in [0.25, 0.3) is 0 Å². The summed E-state index contributed by atoms with van der Waals surface area (Å²) in [4.78, 5) is 38.2. The van der Waals surface area contributed by atoms with Crippen molar-refractivity contribution in [1.82, 2.24) is 0 Å². The van der Waals surface area contributed by atoms with Gasteiger partial charge in [-0.1, -0.05) is 261 Å². The minimum absolute atomic E-state index is 0.0778. The van der Waals surface area contributed by atoms with Crippen LogP contribution < -0.4 is 0 Å². The molecule has 0 N–H and O–H groups in total. The number of carbonyl (C=O) groups excluding carboxylic acids is 3. The fraction of sp³-hybridized carbons (Fsp3) is 0.790. The molecule has 0 aromatic carbocycles. The molecule has 394 valence electrons. The van der Waals surface area contributed by atoms with E-state index in [1.165, 1.54) is 167 Å². The van der Waals surface area contributed by atoms with E-state index in [2.05, 4.69) is 81.5 Å². The van der Waals surface area contributed by atoms with Crippen LogP contribution in [0, 0.1) is 0 Å². The third kappa shape index (κ3) is 54.1. The quantitative estimate of drug-likeness (QED) is 0.0199. The fourth-order valence-corrected chi connectivity index (χ4v) is 8.39. The second kappa shape index (κ2) is 56.7. The van der Waals surface area contributed by atoms with Gasteiger partial charge in [0.2, 0.25) is 0 Å². The lowest BCUT2D eigenvalue weighted by Gasteiger charge is -2.18. The van der Waals surface area contributed by atoms with Gasteiger partial charge in [-0.25, -0.2) is 0 Å². The Morgan fingerprint density at radius 1 is 0.324 bits per heavy atom. The maximum Gasteiger partial charge on any atom is 0.306 e. The van der Waals surface area contributed by atoms with E-state index >= 15 is 0 Å². The number of rotatable bonds is 53. The first kappa shape index (κ1) is 65.1. The first-order valence-electron chi connectivity index (χ1n) is 29.3. The van der Waals surface area contributed by atoms with Crippen LogP contribution in [0.25, 0.3) is 0 Å². The van der Waals surface area contributed by atoms with E-state index in [0.29, 0.717) is 19.3 Å². The lowest BCUT2D eigenvalue weighted by atomic mass is 10.0. The van der Waals surface area contributed by atoms with Gasteiger partial charge in [0.1, 0.15) is 13.2 Å². The van der Waals surface area contributed by atoms with Crippen molar-refractivity contribution in [3.63, 3.8) is 0 Å². The van der Waals surface area contributed by atoms with E-state index in [4.69, 9.17) is 14.2 Å². The van der Waals surface area contributed by atoms with Gasteiger partial charge >= 0.3 is 17.9 Å². The van der Waals surface area contributed by atoms with Crippen LogP contribution in [-0.4, -0.2) is 37.2 Å². The summed E-state index contributed by atoms with van der Waals surface area (Å²) in [6.45, 7) is 6.52. The summed E-state index contributed by atoms with van der Waals surface area (Å²) in [6.07, 6.45) is 70.6. The summed E-state index contributed by atoms with van der Waals surface area (Å²) >= 11 is 0. The van der Waals surface area contributed by atoms with Crippen molar-refractivity contribution < 1.29 is 28.6 Å². The summed E-state index contributed by atoms with van der Waals surface area (Å²) in [6, 6.07) is 0. The van der Waals surface area contributed by atoms with Crippen molar-refractivity contribution in [2.24, 2.45) is 0 Å². The van der Waals surface area contributed by atoms with E-state index in [-0.39, 0.29) is 31.1 Å². The molecule has 0 bridgehead atoms. The molecule has 0 aromatic heterocycles. The van der Waals surface area contributed by atoms with Crippen LogP contribution in [0.5, 0.6) is 0 Å². The number of carbonyl (C=O) groups is 3. The molecule has 0 aliphatic rings. The second-order valence-corrected chi connectivity index (χ2v) is 19.6. The number of ether oxygens (including phenoxy) is 3. The minimum atomic E-state index is -0.781. The number of allylic oxidation sites excluding steroid dienone is 10. The molecule has 0 radical (unpaired) electrons. The van der Waals surface area contributed by atoms with Crippen LogP contribution >= 0.6 is 0 Å². The molecule has 0 amide bonds. The summed E-state index contributed by atoms with van der Waals surface area (Å²) < 4.78 is 16.9. The summed E-state index contributed by atoms with van der Waals surface area (Å²) in [7, 11) is 0. The van der Waals surface area contributed by atoms with Crippen molar-refractivity contribution in [2.75, 3.05) is 13.2 Å². The van der Waals surface area contributed by atoms with Crippen LogP contribution in [0.4, 0.5) is 0 Å². The zero-order chi connectivity index (χ0) is 49.3. The van der Waals surface area contributed by atoms with Crippen molar-refractivity contribution in [3.05, 3.63) is 60.8 Å². The van der Waals surface area contributed by atoms with Gasteiger partial charge < -0.3 is 14.2 Å². The number of hydrogen-bond donors (Lipinski definition) is 0. The highest BCUT2D eigenvalue weighted by Gasteiger charge is 2.19. The molecule has 0 aliphatic heterocycles. The molecule has 0 aromatic rings. The normalized spacial score (nSPS) is 12.5. The van der Waals surface area contributed by atoms with Crippen LogP contribution in [0.15, 0.2) is 60.8 Å². The van der Waals surface area contributed by atoms with Gasteiger partial charge in [0, 0.05) is 19.3 Å². The Balaban J connectivity index is 4.37. The Morgan fingerprint density at radius 3 is 1.01 bits per heavy atom. The predicted octanol–water partition coefficient (Wildman–Crippen LogP) is 19.6. The molecule has 0 fully saturated rings. The molecule has 6 nitrogen and oxygen atoms in total. The highest BCUT2D eigenvalue weighted by Crippen LogP contribution is 2.16. The van der Waals surface area contributed by atoms with Crippen molar-refractivity contribution in [2.45, 2.75) is 303 Å².